The number of aliphatic hydroxyl groups excluding tert-OH is 1. The normalized spacial score (nSPS) is 18.3. The summed E-state index contributed by atoms with van der Waals surface area (Å²) in [5, 5.41) is 13.0. The lowest BCUT2D eigenvalue weighted by atomic mass is 10.1. The van der Waals surface area contributed by atoms with Crippen molar-refractivity contribution in [2.24, 2.45) is 0 Å². The third-order valence-electron chi connectivity index (χ3n) is 3.75. The number of nitrogens with one attached hydrogen (secondary N) is 1. The van der Waals surface area contributed by atoms with Gasteiger partial charge in [-0.1, -0.05) is 25.0 Å². The van der Waals surface area contributed by atoms with Gasteiger partial charge in [-0.25, -0.2) is 0 Å². The van der Waals surface area contributed by atoms with Gasteiger partial charge in [-0.15, -0.1) is 0 Å². The van der Waals surface area contributed by atoms with Crippen molar-refractivity contribution in [3.8, 4) is 0 Å². The number of likely N-dealkylation sites (tertiary alicyclic amines) is 1. The van der Waals surface area contributed by atoms with Gasteiger partial charge in [-0.2, -0.15) is 0 Å². The summed E-state index contributed by atoms with van der Waals surface area (Å²) >= 11 is 0. The van der Waals surface area contributed by atoms with E-state index in [1.54, 1.807) is 0 Å². The number of amides is 1. The predicted octanol–water partition coefficient (Wildman–Crippen LogP) is 2.55. The predicted molar refractivity (Wildman–Crippen MR) is 80.6 cm³/mol. The van der Waals surface area contributed by atoms with Crippen LogP contribution < -0.4 is 5.32 Å². The van der Waals surface area contributed by atoms with Crippen LogP contribution in [0, 0.1) is 0 Å². The first-order valence-electron chi connectivity index (χ1n) is 7.43. The van der Waals surface area contributed by atoms with Crippen LogP contribution in [-0.2, 0) is 4.79 Å². The van der Waals surface area contributed by atoms with Gasteiger partial charge in [0.25, 0.3) is 0 Å². The number of β-amino-alcohol motifs (C(OH)–C–C–N with tert-alkyl or cyclic N) is 1. The summed E-state index contributed by atoms with van der Waals surface area (Å²) < 4.78 is 0. The zero-order valence-corrected chi connectivity index (χ0v) is 12.1. The van der Waals surface area contributed by atoms with Crippen molar-refractivity contribution in [1.29, 1.82) is 0 Å². The highest BCUT2D eigenvalue weighted by atomic mass is 16.3. The summed E-state index contributed by atoms with van der Waals surface area (Å²) in [6.07, 6.45) is 4.61. The molecule has 0 spiro atoms. The van der Waals surface area contributed by atoms with E-state index in [0.29, 0.717) is 6.54 Å². The minimum absolute atomic E-state index is 0.0807. The molecular weight excluding hydrogens is 252 g/mol. The molecule has 1 unspecified atom stereocenters. The van der Waals surface area contributed by atoms with Crippen LogP contribution >= 0.6 is 0 Å². The minimum Gasteiger partial charge on any atom is -0.387 e. The lowest BCUT2D eigenvalue weighted by Gasteiger charge is -2.23. The lowest BCUT2D eigenvalue weighted by Crippen LogP contribution is -2.29. The van der Waals surface area contributed by atoms with Gasteiger partial charge in [-0.3, -0.25) is 4.79 Å². The minimum atomic E-state index is -0.459. The maximum absolute atomic E-state index is 11.0. The number of carbonyl (C=O) groups is 1. The van der Waals surface area contributed by atoms with Crippen LogP contribution in [0.25, 0.3) is 0 Å². The molecule has 1 aliphatic rings. The Kier molecular flexibility index (Phi) is 5.56. The van der Waals surface area contributed by atoms with Gasteiger partial charge in [0.1, 0.15) is 0 Å². The van der Waals surface area contributed by atoms with Gasteiger partial charge in [0, 0.05) is 19.2 Å². The summed E-state index contributed by atoms with van der Waals surface area (Å²) in [7, 11) is 0. The smallest absolute Gasteiger partial charge is 0.221 e. The number of hydrogen-bond donors (Lipinski definition) is 2. The van der Waals surface area contributed by atoms with E-state index in [-0.39, 0.29) is 5.91 Å². The Hall–Kier alpha value is -1.39. The standard InChI is InChI=1S/C16H24N2O2/c1-13(19)17-15-8-6-14(7-9-15)16(20)12-18-10-4-2-3-5-11-18/h6-9,16,20H,2-5,10-12H2,1H3,(H,17,19). The molecule has 2 N–H and O–H groups in total. The highest BCUT2D eigenvalue weighted by molar-refractivity contribution is 5.88. The Balaban J connectivity index is 1.90. The second-order valence-electron chi connectivity index (χ2n) is 5.53. The highest BCUT2D eigenvalue weighted by Crippen LogP contribution is 2.19. The molecule has 1 aliphatic heterocycles. The summed E-state index contributed by atoms with van der Waals surface area (Å²) in [5.74, 6) is -0.0807. The molecule has 1 amide bonds. The fraction of sp³-hybridized carbons (Fsp3) is 0.562. The molecular formula is C16H24N2O2. The molecule has 1 saturated heterocycles. The van der Waals surface area contributed by atoms with Crippen molar-refractivity contribution in [2.45, 2.75) is 38.7 Å². The number of aliphatic hydroxyl groups is 1. The second kappa shape index (κ2) is 7.41. The van der Waals surface area contributed by atoms with Gasteiger partial charge in [-0.05, 0) is 43.6 Å². The first-order valence-corrected chi connectivity index (χ1v) is 7.43. The molecule has 1 aromatic carbocycles. The van der Waals surface area contributed by atoms with Crippen molar-refractivity contribution in [3.05, 3.63) is 29.8 Å². The molecule has 1 fully saturated rings. The van der Waals surface area contributed by atoms with Crippen LogP contribution in [0.4, 0.5) is 5.69 Å². The molecule has 1 atom stereocenters. The average Bonchev–Trinajstić information content (AvgIpc) is 2.67. The molecule has 20 heavy (non-hydrogen) atoms. The van der Waals surface area contributed by atoms with Gasteiger partial charge < -0.3 is 15.3 Å². The summed E-state index contributed by atoms with van der Waals surface area (Å²) in [4.78, 5) is 13.3. The number of hydrogen-bond acceptors (Lipinski definition) is 3. The zero-order chi connectivity index (χ0) is 14.4. The Morgan fingerprint density at radius 1 is 1.20 bits per heavy atom. The summed E-state index contributed by atoms with van der Waals surface area (Å²) in [6, 6.07) is 7.44. The topological polar surface area (TPSA) is 52.6 Å². The van der Waals surface area contributed by atoms with E-state index in [2.05, 4.69) is 10.2 Å². The Morgan fingerprint density at radius 2 is 1.80 bits per heavy atom. The van der Waals surface area contributed by atoms with Crippen LogP contribution in [0.5, 0.6) is 0 Å². The van der Waals surface area contributed by atoms with E-state index < -0.39 is 6.10 Å². The molecule has 4 heteroatoms. The highest BCUT2D eigenvalue weighted by Gasteiger charge is 2.15. The SMILES string of the molecule is CC(=O)Nc1ccc(C(O)CN2CCCCCC2)cc1. The van der Waals surface area contributed by atoms with Crippen molar-refractivity contribution in [3.63, 3.8) is 0 Å². The maximum atomic E-state index is 11.0. The average molecular weight is 276 g/mol. The maximum Gasteiger partial charge on any atom is 0.221 e. The zero-order valence-electron chi connectivity index (χ0n) is 12.1. The van der Waals surface area contributed by atoms with Crippen molar-refractivity contribution < 1.29 is 9.90 Å². The first-order chi connectivity index (χ1) is 9.65. The molecule has 1 heterocycles. The molecule has 4 nitrogen and oxygen atoms in total. The van der Waals surface area contributed by atoms with Crippen LogP contribution in [0.3, 0.4) is 0 Å². The number of nitrogens with zero attached hydrogens (tertiary/aromatic N) is 1. The summed E-state index contributed by atoms with van der Waals surface area (Å²) in [5.41, 5.74) is 1.67. The Bertz CT molecular complexity index is 423. The number of anilines is 1. The summed E-state index contributed by atoms with van der Waals surface area (Å²) in [6.45, 7) is 4.35. The van der Waals surface area contributed by atoms with E-state index in [4.69, 9.17) is 0 Å². The second-order valence-corrected chi connectivity index (χ2v) is 5.53. The van der Waals surface area contributed by atoms with Gasteiger partial charge in [0.2, 0.25) is 5.91 Å². The van der Waals surface area contributed by atoms with Crippen molar-refractivity contribution in [1.82, 2.24) is 4.90 Å². The number of rotatable bonds is 4. The van der Waals surface area contributed by atoms with E-state index in [0.717, 1.165) is 24.3 Å². The largest absolute Gasteiger partial charge is 0.387 e. The van der Waals surface area contributed by atoms with E-state index >= 15 is 0 Å². The van der Waals surface area contributed by atoms with Crippen LogP contribution in [0.1, 0.15) is 44.3 Å². The Labute approximate surface area is 120 Å². The molecule has 110 valence electrons. The van der Waals surface area contributed by atoms with Crippen molar-refractivity contribution in [2.75, 3.05) is 25.0 Å². The van der Waals surface area contributed by atoms with Crippen LogP contribution in [0.15, 0.2) is 24.3 Å². The fourth-order valence-corrected chi connectivity index (χ4v) is 2.66. The lowest BCUT2D eigenvalue weighted by molar-refractivity contribution is -0.114. The van der Waals surface area contributed by atoms with Gasteiger partial charge >= 0.3 is 0 Å². The Morgan fingerprint density at radius 3 is 2.35 bits per heavy atom. The van der Waals surface area contributed by atoms with Crippen LogP contribution in [0.2, 0.25) is 0 Å². The number of benzene rings is 1. The van der Waals surface area contributed by atoms with Gasteiger partial charge in [0.05, 0.1) is 6.10 Å². The fourth-order valence-electron chi connectivity index (χ4n) is 2.66. The van der Waals surface area contributed by atoms with E-state index in [1.165, 1.54) is 32.6 Å². The van der Waals surface area contributed by atoms with Gasteiger partial charge in [0.15, 0.2) is 0 Å². The molecule has 0 bridgehead atoms. The molecule has 0 radical (unpaired) electrons. The molecule has 2 rings (SSSR count). The van der Waals surface area contributed by atoms with E-state index in [1.807, 2.05) is 24.3 Å². The third-order valence-corrected chi connectivity index (χ3v) is 3.75. The first kappa shape index (κ1) is 15.0. The number of carbonyl (C=O) groups excluding carboxylic acids is 1. The monoisotopic (exact) mass is 276 g/mol. The third kappa shape index (κ3) is 4.62. The quantitative estimate of drug-likeness (QED) is 0.888. The molecule has 1 aromatic rings. The molecule has 0 saturated carbocycles. The molecule has 0 aliphatic carbocycles. The van der Waals surface area contributed by atoms with Crippen LogP contribution in [-0.4, -0.2) is 35.5 Å². The molecule has 0 aromatic heterocycles. The van der Waals surface area contributed by atoms with Crippen molar-refractivity contribution >= 4 is 11.6 Å². The van der Waals surface area contributed by atoms with E-state index in [9.17, 15) is 9.90 Å².